The third-order valence-electron chi connectivity index (χ3n) is 4.05. The number of fused-ring (bicyclic) bond motifs is 1. The Kier molecular flexibility index (Phi) is 6.18. The van der Waals surface area contributed by atoms with Gasteiger partial charge in [-0.1, -0.05) is 23.9 Å². The summed E-state index contributed by atoms with van der Waals surface area (Å²) >= 11 is 1.32. The van der Waals surface area contributed by atoms with Crippen LogP contribution < -0.4 is 9.64 Å². The molecular weight excluding hydrogens is 390 g/mol. The van der Waals surface area contributed by atoms with Crippen LogP contribution in [-0.2, 0) is 14.3 Å². The molecule has 0 unspecified atom stereocenters. The second-order valence-corrected chi connectivity index (χ2v) is 6.96. The van der Waals surface area contributed by atoms with Crippen LogP contribution in [0.1, 0.15) is 5.56 Å². The first-order valence-corrected chi connectivity index (χ1v) is 9.32. The second kappa shape index (κ2) is 8.96. The normalized spacial score (nSPS) is 13.7. The highest BCUT2D eigenvalue weighted by atomic mass is 32.2. The summed E-state index contributed by atoms with van der Waals surface area (Å²) in [4.78, 5) is 27.0. The molecule has 144 valence electrons. The second-order valence-electron chi connectivity index (χ2n) is 5.93. The van der Waals surface area contributed by atoms with Gasteiger partial charge in [-0.15, -0.1) is 0 Å². The van der Waals surface area contributed by atoms with Crippen molar-refractivity contribution in [2.75, 3.05) is 25.2 Å². The molecule has 0 bridgehead atoms. The lowest BCUT2D eigenvalue weighted by molar-refractivity contribution is -0.149. The number of hydrogen-bond donors (Lipinski definition) is 0. The highest BCUT2D eigenvalue weighted by Gasteiger charge is 2.28. The summed E-state index contributed by atoms with van der Waals surface area (Å²) < 4.78 is 10.2. The third-order valence-corrected chi connectivity index (χ3v) is 5.28. The van der Waals surface area contributed by atoms with Crippen LogP contribution >= 0.6 is 11.8 Å². The van der Waals surface area contributed by atoms with Crippen LogP contribution in [0.4, 0.5) is 5.69 Å². The molecule has 0 radical (unpaired) electrons. The lowest BCUT2D eigenvalue weighted by atomic mass is 10.2. The Bertz CT molecular complexity index is 1060. The summed E-state index contributed by atoms with van der Waals surface area (Å²) in [5.41, 5.74) is 1.31. The molecule has 0 aliphatic carbocycles. The number of carbonyl (C=O) groups excluding carboxylic acids is 2. The van der Waals surface area contributed by atoms with E-state index in [1.807, 2.05) is 36.4 Å². The lowest BCUT2D eigenvalue weighted by Crippen LogP contribution is -2.22. The monoisotopic (exact) mass is 405 g/mol. The Morgan fingerprint density at radius 2 is 1.79 bits per heavy atom. The molecule has 2 aromatic rings. The number of ketones is 1. The number of carbonyl (C=O) groups is 2. The molecular formula is C21H15N3O4S. The Morgan fingerprint density at radius 3 is 2.45 bits per heavy atom. The quantitative estimate of drug-likeness (QED) is 0.410. The van der Waals surface area contributed by atoms with Crippen molar-refractivity contribution in [2.45, 2.75) is 4.90 Å². The standard InChI is InChI=1S/C21H15N3O4S/c1-24-17-4-2-3-5-19(17)29-21(24)16(11-23)18(25)12-28-20(26)13-27-15-8-6-14(10-22)7-9-15/h2-9H,12-13H2,1H3/b21-16-. The average molecular weight is 405 g/mol. The van der Waals surface area contributed by atoms with E-state index in [9.17, 15) is 14.9 Å². The number of rotatable bonds is 6. The number of anilines is 1. The number of benzene rings is 2. The molecule has 0 saturated heterocycles. The summed E-state index contributed by atoms with van der Waals surface area (Å²) in [6.07, 6.45) is 0. The molecule has 0 amide bonds. The number of Topliss-reactive ketones (excluding diaryl/α,β-unsaturated/α-hetero) is 1. The highest BCUT2D eigenvalue weighted by molar-refractivity contribution is 8.03. The van der Waals surface area contributed by atoms with Crippen LogP contribution in [0.25, 0.3) is 0 Å². The van der Waals surface area contributed by atoms with E-state index in [1.165, 1.54) is 11.8 Å². The first kappa shape index (κ1) is 20.0. The first-order chi connectivity index (χ1) is 14.0. The molecule has 0 N–H and O–H groups in total. The minimum Gasteiger partial charge on any atom is -0.482 e. The van der Waals surface area contributed by atoms with Gasteiger partial charge in [0.1, 0.15) is 22.4 Å². The molecule has 0 aromatic heterocycles. The van der Waals surface area contributed by atoms with Gasteiger partial charge in [-0.2, -0.15) is 10.5 Å². The van der Waals surface area contributed by atoms with E-state index in [1.54, 1.807) is 36.2 Å². The van der Waals surface area contributed by atoms with Crippen molar-refractivity contribution in [1.29, 1.82) is 10.5 Å². The Balaban J connectivity index is 1.57. The van der Waals surface area contributed by atoms with Gasteiger partial charge in [0.15, 0.2) is 13.2 Å². The van der Waals surface area contributed by atoms with E-state index in [0.717, 1.165) is 10.6 Å². The molecule has 2 aromatic carbocycles. The summed E-state index contributed by atoms with van der Waals surface area (Å²) in [7, 11) is 1.77. The molecule has 1 heterocycles. The number of para-hydroxylation sites is 1. The SMILES string of the molecule is CN1/C(=C(\C#N)C(=O)COC(=O)COc2ccc(C#N)cc2)Sc2ccccc21. The molecule has 7 nitrogen and oxygen atoms in total. The predicted octanol–water partition coefficient (Wildman–Crippen LogP) is 3.03. The van der Waals surface area contributed by atoms with Gasteiger partial charge in [0, 0.05) is 11.9 Å². The van der Waals surface area contributed by atoms with Crippen molar-refractivity contribution >= 4 is 29.2 Å². The van der Waals surface area contributed by atoms with Gasteiger partial charge in [0.2, 0.25) is 5.78 Å². The first-order valence-electron chi connectivity index (χ1n) is 8.50. The van der Waals surface area contributed by atoms with E-state index >= 15 is 0 Å². The zero-order chi connectivity index (χ0) is 20.8. The van der Waals surface area contributed by atoms with Gasteiger partial charge < -0.3 is 14.4 Å². The van der Waals surface area contributed by atoms with Crippen molar-refractivity contribution < 1.29 is 19.1 Å². The maximum Gasteiger partial charge on any atom is 0.344 e. The molecule has 0 atom stereocenters. The van der Waals surface area contributed by atoms with E-state index in [2.05, 4.69) is 0 Å². The molecule has 8 heteroatoms. The molecule has 1 aliphatic heterocycles. The molecule has 0 spiro atoms. The van der Waals surface area contributed by atoms with Gasteiger partial charge in [0.05, 0.1) is 17.3 Å². The fourth-order valence-corrected chi connectivity index (χ4v) is 3.74. The smallest absolute Gasteiger partial charge is 0.344 e. The topological polar surface area (TPSA) is 103 Å². The molecule has 29 heavy (non-hydrogen) atoms. The summed E-state index contributed by atoms with van der Waals surface area (Å²) in [6.45, 7) is -0.940. The van der Waals surface area contributed by atoms with Crippen molar-refractivity contribution in [2.24, 2.45) is 0 Å². The van der Waals surface area contributed by atoms with Crippen molar-refractivity contribution in [1.82, 2.24) is 0 Å². The summed E-state index contributed by atoms with van der Waals surface area (Å²) in [6, 6.07) is 17.7. The van der Waals surface area contributed by atoms with E-state index in [4.69, 9.17) is 14.7 Å². The average Bonchev–Trinajstić information content (AvgIpc) is 3.08. The Hall–Kier alpha value is -3.75. The number of ether oxygens (including phenoxy) is 2. The zero-order valence-electron chi connectivity index (χ0n) is 15.4. The molecule has 1 aliphatic rings. The Labute approximate surface area is 171 Å². The van der Waals surface area contributed by atoms with Crippen molar-refractivity contribution in [3.05, 3.63) is 64.7 Å². The lowest BCUT2D eigenvalue weighted by Gasteiger charge is -2.14. The van der Waals surface area contributed by atoms with Gasteiger partial charge >= 0.3 is 5.97 Å². The van der Waals surface area contributed by atoms with Crippen LogP contribution in [0.2, 0.25) is 0 Å². The van der Waals surface area contributed by atoms with Crippen LogP contribution in [0.3, 0.4) is 0 Å². The largest absolute Gasteiger partial charge is 0.482 e. The van der Waals surface area contributed by atoms with Crippen LogP contribution in [0.15, 0.2) is 64.0 Å². The van der Waals surface area contributed by atoms with E-state index in [-0.39, 0.29) is 5.57 Å². The van der Waals surface area contributed by atoms with Crippen molar-refractivity contribution in [3.63, 3.8) is 0 Å². The van der Waals surface area contributed by atoms with Crippen molar-refractivity contribution in [3.8, 4) is 17.9 Å². The van der Waals surface area contributed by atoms with Gasteiger partial charge in [-0.3, -0.25) is 4.79 Å². The summed E-state index contributed by atoms with van der Waals surface area (Å²) in [5.74, 6) is -0.920. The Morgan fingerprint density at radius 1 is 1.07 bits per heavy atom. The predicted molar refractivity (Wildman–Crippen MR) is 106 cm³/mol. The third kappa shape index (κ3) is 4.57. The van der Waals surface area contributed by atoms with Gasteiger partial charge in [-0.25, -0.2) is 4.79 Å². The van der Waals surface area contributed by atoms with Crippen LogP contribution in [0.5, 0.6) is 5.75 Å². The highest BCUT2D eigenvalue weighted by Crippen LogP contribution is 2.46. The maximum atomic E-state index is 12.4. The van der Waals surface area contributed by atoms with Crippen LogP contribution in [0, 0.1) is 22.7 Å². The van der Waals surface area contributed by atoms with Crippen LogP contribution in [-0.4, -0.2) is 32.0 Å². The molecule has 0 saturated carbocycles. The molecule has 0 fully saturated rings. The zero-order valence-corrected chi connectivity index (χ0v) is 16.2. The number of nitriles is 2. The van der Waals surface area contributed by atoms with Gasteiger partial charge in [0.25, 0.3) is 0 Å². The number of esters is 1. The maximum absolute atomic E-state index is 12.4. The van der Waals surface area contributed by atoms with Gasteiger partial charge in [-0.05, 0) is 36.4 Å². The fourth-order valence-electron chi connectivity index (χ4n) is 2.58. The minimum atomic E-state index is -0.735. The number of thioether (sulfide) groups is 1. The summed E-state index contributed by atoms with van der Waals surface area (Å²) in [5, 5.41) is 18.7. The minimum absolute atomic E-state index is 0.0606. The number of hydrogen-bond acceptors (Lipinski definition) is 8. The molecule has 3 rings (SSSR count). The number of nitrogens with zero attached hydrogens (tertiary/aromatic N) is 3. The van der Waals surface area contributed by atoms with E-state index in [0.29, 0.717) is 16.3 Å². The fraction of sp³-hybridized carbons (Fsp3) is 0.143. The van der Waals surface area contributed by atoms with E-state index < -0.39 is 25.0 Å².